The van der Waals surface area contributed by atoms with Crippen molar-refractivity contribution in [2.75, 3.05) is 12.3 Å². The summed E-state index contributed by atoms with van der Waals surface area (Å²) in [6.07, 6.45) is -0.0423. The van der Waals surface area contributed by atoms with Crippen LogP contribution in [0.5, 0.6) is 5.75 Å². The predicted molar refractivity (Wildman–Crippen MR) is 122 cm³/mol. The molecule has 12 nitrogen and oxygen atoms in total. The summed E-state index contributed by atoms with van der Waals surface area (Å²) < 4.78 is 36.3. The van der Waals surface area contributed by atoms with Crippen molar-refractivity contribution < 1.29 is 33.0 Å². The van der Waals surface area contributed by atoms with Crippen LogP contribution in [-0.2, 0) is 23.4 Å². The quantitative estimate of drug-likeness (QED) is 0.325. The summed E-state index contributed by atoms with van der Waals surface area (Å²) in [5, 5.41) is 12.9. The standard InChI is InChI=1S/C21H27N4O8P/c1-13(2)31-20(27)14(3)24-34(29,33-15-7-5-4-6-8-15)30-12-16-11-17(26)19(32-16)25-10-9-18(22)23-21(25)28/h4-11,13-14,17,19,26H,12H2,1-3H3,(H,24,29)(H2,22,23,28)/t14-,17+,19+,34-/m0/s1. The molecule has 4 N–H and O–H groups in total. The monoisotopic (exact) mass is 494 g/mol. The van der Waals surface area contributed by atoms with E-state index >= 15 is 0 Å². The highest BCUT2D eigenvalue weighted by Crippen LogP contribution is 2.45. The maximum atomic E-state index is 13.5. The average molecular weight is 494 g/mol. The molecule has 184 valence electrons. The highest BCUT2D eigenvalue weighted by atomic mass is 31.2. The van der Waals surface area contributed by atoms with Crippen LogP contribution < -0.4 is 21.0 Å². The van der Waals surface area contributed by atoms with E-state index in [2.05, 4.69) is 10.1 Å². The molecule has 1 aromatic heterocycles. The summed E-state index contributed by atoms with van der Waals surface area (Å²) in [5.74, 6) is -0.281. The number of nitrogens with two attached hydrogens (primary N) is 1. The van der Waals surface area contributed by atoms with Crippen molar-refractivity contribution in [1.29, 1.82) is 0 Å². The van der Waals surface area contributed by atoms with E-state index < -0.39 is 44.4 Å². The van der Waals surface area contributed by atoms with Gasteiger partial charge in [-0.15, -0.1) is 0 Å². The van der Waals surface area contributed by atoms with Gasteiger partial charge >= 0.3 is 19.4 Å². The number of ether oxygens (including phenoxy) is 2. The van der Waals surface area contributed by atoms with Crippen molar-refractivity contribution in [3.63, 3.8) is 0 Å². The molecule has 0 amide bonds. The normalized spacial score (nSPS) is 20.2. The number of para-hydroxylation sites is 1. The number of carbonyl (C=O) groups is 1. The van der Waals surface area contributed by atoms with E-state index in [4.69, 9.17) is 24.3 Å². The third kappa shape index (κ3) is 6.67. The van der Waals surface area contributed by atoms with Crippen LogP contribution in [0.3, 0.4) is 0 Å². The van der Waals surface area contributed by atoms with Gasteiger partial charge in [0.2, 0.25) is 6.23 Å². The van der Waals surface area contributed by atoms with Crippen LogP contribution in [0.15, 0.2) is 59.2 Å². The Labute approximate surface area is 195 Å². The molecule has 0 unspecified atom stereocenters. The largest absolute Gasteiger partial charge is 0.469 e. The van der Waals surface area contributed by atoms with Gasteiger partial charge in [-0.05, 0) is 45.0 Å². The Morgan fingerprint density at radius 1 is 1.29 bits per heavy atom. The van der Waals surface area contributed by atoms with Gasteiger partial charge in [0.15, 0.2) is 0 Å². The molecule has 1 aliphatic heterocycles. The molecular weight excluding hydrogens is 467 g/mol. The van der Waals surface area contributed by atoms with E-state index in [1.807, 2.05) is 0 Å². The molecule has 2 heterocycles. The summed E-state index contributed by atoms with van der Waals surface area (Å²) in [5.41, 5.74) is 4.78. The smallest absolute Gasteiger partial charge is 0.459 e. The van der Waals surface area contributed by atoms with E-state index in [0.717, 1.165) is 4.57 Å². The van der Waals surface area contributed by atoms with E-state index in [1.54, 1.807) is 44.2 Å². The number of aliphatic hydroxyl groups is 1. The van der Waals surface area contributed by atoms with Gasteiger partial charge in [0.25, 0.3) is 0 Å². The summed E-state index contributed by atoms with van der Waals surface area (Å²) in [6.45, 7) is 4.44. The van der Waals surface area contributed by atoms with Crippen molar-refractivity contribution >= 4 is 19.5 Å². The molecule has 0 bridgehead atoms. The number of aliphatic hydroxyl groups excluding tert-OH is 1. The molecule has 13 heteroatoms. The first-order valence-corrected chi connectivity index (χ1v) is 12.0. The lowest BCUT2D eigenvalue weighted by Gasteiger charge is -2.24. The second-order valence-electron chi connectivity index (χ2n) is 7.69. The molecule has 3 rings (SSSR count). The number of rotatable bonds is 10. The second kappa shape index (κ2) is 10.8. The first kappa shape index (κ1) is 25.4. The fraction of sp³-hybridized carbons (Fsp3) is 0.381. The Kier molecular flexibility index (Phi) is 8.11. The van der Waals surface area contributed by atoms with Crippen LogP contribution in [0, 0.1) is 0 Å². The predicted octanol–water partition coefficient (Wildman–Crippen LogP) is 1.73. The first-order valence-electron chi connectivity index (χ1n) is 10.4. The van der Waals surface area contributed by atoms with Crippen LogP contribution in [0.25, 0.3) is 0 Å². The molecule has 0 fully saturated rings. The minimum atomic E-state index is -4.13. The maximum absolute atomic E-state index is 13.5. The van der Waals surface area contributed by atoms with Gasteiger partial charge in [-0.2, -0.15) is 10.1 Å². The Morgan fingerprint density at radius 3 is 2.65 bits per heavy atom. The molecule has 2 aromatic rings. The van der Waals surface area contributed by atoms with E-state index in [1.165, 1.54) is 25.3 Å². The van der Waals surface area contributed by atoms with Gasteiger partial charge in [0.05, 0.1) is 6.10 Å². The number of esters is 1. The number of nitrogens with zero attached hydrogens (tertiary/aromatic N) is 2. The van der Waals surface area contributed by atoms with Crippen molar-refractivity contribution in [3.8, 4) is 5.75 Å². The highest BCUT2D eigenvalue weighted by molar-refractivity contribution is 7.52. The minimum absolute atomic E-state index is 0.0282. The molecular formula is C21H27N4O8P. The number of carbonyl (C=O) groups excluding carboxylic acids is 1. The molecule has 1 aromatic carbocycles. The third-order valence-corrected chi connectivity index (χ3v) is 6.07. The number of nitrogen functional groups attached to an aromatic ring is 1. The average Bonchev–Trinajstić information content (AvgIpc) is 3.13. The van der Waals surface area contributed by atoms with Gasteiger partial charge in [-0.25, -0.2) is 9.36 Å². The lowest BCUT2D eigenvalue weighted by molar-refractivity contribution is -0.149. The lowest BCUT2D eigenvalue weighted by atomic mass is 10.3. The van der Waals surface area contributed by atoms with Crippen LogP contribution >= 0.6 is 7.75 Å². The zero-order valence-corrected chi connectivity index (χ0v) is 19.8. The number of anilines is 1. The van der Waals surface area contributed by atoms with Gasteiger partial charge in [0, 0.05) is 6.20 Å². The van der Waals surface area contributed by atoms with Gasteiger partial charge in [-0.3, -0.25) is 13.9 Å². The zero-order valence-electron chi connectivity index (χ0n) is 18.9. The van der Waals surface area contributed by atoms with Gasteiger partial charge in [0.1, 0.15) is 36.1 Å². The Balaban J connectivity index is 1.72. The summed E-state index contributed by atoms with van der Waals surface area (Å²) in [7, 11) is -4.13. The highest BCUT2D eigenvalue weighted by Gasteiger charge is 2.35. The SMILES string of the molecule is CC(C)OC(=O)[C@H](C)N[P@](=O)(OCC1=C[C@@H](O)[C@H](n2ccc(N)nc2=O)O1)Oc1ccccc1. The van der Waals surface area contributed by atoms with E-state index in [-0.39, 0.29) is 23.4 Å². The molecule has 34 heavy (non-hydrogen) atoms. The summed E-state index contributed by atoms with van der Waals surface area (Å²) in [4.78, 5) is 27.9. The topological polar surface area (TPSA) is 164 Å². The summed E-state index contributed by atoms with van der Waals surface area (Å²) >= 11 is 0. The van der Waals surface area contributed by atoms with Gasteiger partial charge in [-0.1, -0.05) is 18.2 Å². The number of hydrogen-bond donors (Lipinski definition) is 3. The molecule has 0 saturated carbocycles. The number of nitrogens with one attached hydrogen (secondary N) is 1. The second-order valence-corrected chi connectivity index (χ2v) is 9.38. The lowest BCUT2D eigenvalue weighted by Crippen LogP contribution is -2.36. The zero-order chi connectivity index (χ0) is 24.9. The minimum Gasteiger partial charge on any atom is -0.469 e. The van der Waals surface area contributed by atoms with Crippen LogP contribution in [0.4, 0.5) is 5.82 Å². The van der Waals surface area contributed by atoms with Crippen LogP contribution in [-0.4, -0.2) is 45.5 Å². The van der Waals surface area contributed by atoms with E-state index in [0.29, 0.717) is 0 Å². The first-order chi connectivity index (χ1) is 16.1. The van der Waals surface area contributed by atoms with E-state index in [9.17, 15) is 19.3 Å². The van der Waals surface area contributed by atoms with Crippen molar-refractivity contribution in [1.82, 2.24) is 14.6 Å². The van der Waals surface area contributed by atoms with Crippen molar-refractivity contribution in [2.24, 2.45) is 0 Å². The van der Waals surface area contributed by atoms with Gasteiger partial charge < -0.3 is 24.8 Å². The fourth-order valence-electron chi connectivity index (χ4n) is 2.94. The Bertz CT molecular complexity index is 1140. The van der Waals surface area contributed by atoms with Crippen molar-refractivity contribution in [2.45, 2.75) is 45.2 Å². The molecule has 0 radical (unpaired) electrons. The van der Waals surface area contributed by atoms with Crippen LogP contribution in [0.1, 0.15) is 27.0 Å². The molecule has 0 aliphatic carbocycles. The molecule has 1 aliphatic rings. The molecule has 0 spiro atoms. The van der Waals surface area contributed by atoms with Crippen LogP contribution in [0.2, 0.25) is 0 Å². The molecule has 4 atom stereocenters. The maximum Gasteiger partial charge on any atom is 0.459 e. The van der Waals surface area contributed by atoms with Crippen molar-refractivity contribution in [3.05, 3.63) is 64.9 Å². The summed E-state index contributed by atoms with van der Waals surface area (Å²) in [6, 6.07) is 8.61. The Morgan fingerprint density at radius 2 is 2.00 bits per heavy atom. The molecule has 0 saturated heterocycles. The fourth-order valence-corrected chi connectivity index (χ4v) is 4.40. The third-order valence-electron chi connectivity index (χ3n) is 4.45. The number of aromatic nitrogens is 2. The number of hydrogen-bond acceptors (Lipinski definition) is 10. The number of benzene rings is 1. The Hall–Kier alpha value is -3.18.